The van der Waals surface area contributed by atoms with Gasteiger partial charge in [-0.25, -0.2) is 0 Å². The standard InChI is InChI=1S/C17H21NOS/c1-2-18-16-9-8-15-14(16)6-3-7-17(15)19-11-10-13-5-4-12-20-13/h3-7,12,16,18H,2,8-11H2,1H3. The summed E-state index contributed by atoms with van der Waals surface area (Å²) in [5, 5.41) is 5.67. The molecule has 2 aromatic rings. The van der Waals surface area contributed by atoms with E-state index in [0.717, 1.165) is 31.7 Å². The van der Waals surface area contributed by atoms with E-state index in [1.165, 1.54) is 22.4 Å². The van der Waals surface area contributed by atoms with Crippen LogP contribution in [0.2, 0.25) is 0 Å². The molecule has 0 fully saturated rings. The quantitative estimate of drug-likeness (QED) is 0.868. The Morgan fingerprint density at radius 2 is 2.25 bits per heavy atom. The molecule has 1 aliphatic rings. The highest BCUT2D eigenvalue weighted by molar-refractivity contribution is 7.09. The fourth-order valence-electron chi connectivity index (χ4n) is 2.93. The first-order valence-electron chi connectivity index (χ1n) is 7.39. The lowest BCUT2D eigenvalue weighted by Gasteiger charge is -2.14. The molecule has 3 heteroatoms. The van der Waals surface area contributed by atoms with Crippen molar-refractivity contribution in [1.29, 1.82) is 0 Å². The van der Waals surface area contributed by atoms with Crippen LogP contribution in [0.3, 0.4) is 0 Å². The van der Waals surface area contributed by atoms with E-state index in [2.05, 4.69) is 48.0 Å². The van der Waals surface area contributed by atoms with Gasteiger partial charge in [-0.3, -0.25) is 0 Å². The number of fused-ring (bicyclic) bond motifs is 1. The number of hydrogen-bond acceptors (Lipinski definition) is 3. The summed E-state index contributed by atoms with van der Waals surface area (Å²) in [5.74, 6) is 1.08. The van der Waals surface area contributed by atoms with Gasteiger partial charge in [0.15, 0.2) is 0 Å². The van der Waals surface area contributed by atoms with E-state index in [1.807, 2.05) is 0 Å². The van der Waals surface area contributed by atoms with Crippen LogP contribution >= 0.6 is 11.3 Å². The van der Waals surface area contributed by atoms with Crippen molar-refractivity contribution >= 4 is 11.3 Å². The average Bonchev–Trinajstić information content (AvgIpc) is 3.10. The maximum absolute atomic E-state index is 6.03. The minimum atomic E-state index is 0.510. The van der Waals surface area contributed by atoms with Gasteiger partial charge in [-0.1, -0.05) is 25.1 Å². The second kappa shape index (κ2) is 6.42. The van der Waals surface area contributed by atoms with Crippen LogP contribution in [-0.2, 0) is 12.8 Å². The molecule has 1 aromatic carbocycles. The molecule has 1 atom stereocenters. The van der Waals surface area contributed by atoms with Gasteiger partial charge in [0, 0.05) is 17.3 Å². The molecule has 0 spiro atoms. The molecule has 20 heavy (non-hydrogen) atoms. The van der Waals surface area contributed by atoms with Crippen molar-refractivity contribution in [2.24, 2.45) is 0 Å². The SMILES string of the molecule is CCNC1CCc2c(OCCc3cccs3)cccc21. The van der Waals surface area contributed by atoms with Crippen LogP contribution in [0.15, 0.2) is 35.7 Å². The zero-order valence-electron chi connectivity index (χ0n) is 11.9. The van der Waals surface area contributed by atoms with Gasteiger partial charge < -0.3 is 10.1 Å². The lowest BCUT2D eigenvalue weighted by Crippen LogP contribution is -2.18. The third-order valence-corrected chi connectivity index (χ3v) is 4.80. The predicted molar refractivity (Wildman–Crippen MR) is 84.7 cm³/mol. The summed E-state index contributed by atoms with van der Waals surface area (Å²) >= 11 is 1.80. The molecule has 0 aliphatic heterocycles. The van der Waals surface area contributed by atoms with Crippen molar-refractivity contribution < 1.29 is 4.74 Å². The maximum atomic E-state index is 6.03. The van der Waals surface area contributed by atoms with Crippen LogP contribution < -0.4 is 10.1 Å². The topological polar surface area (TPSA) is 21.3 Å². The van der Waals surface area contributed by atoms with Gasteiger partial charge in [0.2, 0.25) is 0 Å². The first-order chi connectivity index (χ1) is 9.88. The summed E-state index contributed by atoms with van der Waals surface area (Å²) in [6, 6.07) is 11.3. The van der Waals surface area contributed by atoms with E-state index in [9.17, 15) is 0 Å². The van der Waals surface area contributed by atoms with Crippen molar-refractivity contribution in [1.82, 2.24) is 5.32 Å². The molecule has 0 bridgehead atoms. The summed E-state index contributed by atoms with van der Waals surface area (Å²) in [5.41, 5.74) is 2.84. The van der Waals surface area contributed by atoms with Crippen molar-refractivity contribution in [3.8, 4) is 5.75 Å². The highest BCUT2D eigenvalue weighted by atomic mass is 32.1. The summed E-state index contributed by atoms with van der Waals surface area (Å²) in [7, 11) is 0. The molecule has 1 aliphatic carbocycles. The molecular formula is C17H21NOS. The van der Waals surface area contributed by atoms with Gasteiger partial charge in [0.1, 0.15) is 5.75 Å². The largest absolute Gasteiger partial charge is 0.493 e. The van der Waals surface area contributed by atoms with Crippen LogP contribution in [0.5, 0.6) is 5.75 Å². The Bertz CT molecular complexity index is 550. The third kappa shape index (κ3) is 2.89. The summed E-state index contributed by atoms with van der Waals surface area (Å²) in [6.45, 7) is 3.95. The van der Waals surface area contributed by atoms with E-state index >= 15 is 0 Å². The number of ether oxygens (including phenoxy) is 1. The molecular weight excluding hydrogens is 266 g/mol. The van der Waals surface area contributed by atoms with Gasteiger partial charge in [0.05, 0.1) is 6.61 Å². The number of benzene rings is 1. The molecule has 0 amide bonds. The highest BCUT2D eigenvalue weighted by Gasteiger charge is 2.24. The first kappa shape index (κ1) is 13.7. The van der Waals surface area contributed by atoms with E-state index in [1.54, 1.807) is 11.3 Å². The number of hydrogen-bond donors (Lipinski definition) is 1. The monoisotopic (exact) mass is 287 g/mol. The Kier molecular flexibility index (Phi) is 4.38. The molecule has 1 N–H and O–H groups in total. The molecule has 0 saturated heterocycles. The van der Waals surface area contributed by atoms with Crippen molar-refractivity contribution in [2.45, 2.75) is 32.2 Å². The van der Waals surface area contributed by atoms with Gasteiger partial charge in [-0.15, -0.1) is 11.3 Å². The van der Waals surface area contributed by atoms with Gasteiger partial charge in [0.25, 0.3) is 0 Å². The Labute approximate surface area is 124 Å². The summed E-state index contributed by atoms with van der Waals surface area (Å²) in [6.07, 6.45) is 3.31. The van der Waals surface area contributed by atoms with Crippen LogP contribution in [0.1, 0.15) is 35.4 Å². The fraction of sp³-hybridized carbons (Fsp3) is 0.412. The molecule has 3 rings (SSSR count). The average molecular weight is 287 g/mol. The number of nitrogens with one attached hydrogen (secondary N) is 1. The minimum Gasteiger partial charge on any atom is -0.493 e. The predicted octanol–water partition coefficient (Wildman–Crippen LogP) is 3.97. The van der Waals surface area contributed by atoms with Crippen LogP contribution in [0, 0.1) is 0 Å². The highest BCUT2D eigenvalue weighted by Crippen LogP contribution is 2.36. The molecule has 106 valence electrons. The molecule has 0 saturated carbocycles. The number of rotatable bonds is 6. The Morgan fingerprint density at radius 3 is 3.05 bits per heavy atom. The molecule has 0 radical (unpaired) electrons. The van der Waals surface area contributed by atoms with Crippen LogP contribution in [0.25, 0.3) is 0 Å². The number of thiophene rings is 1. The van der Waals surface area contributed by atoms with E-state index < -0.39 is 0 Å². The Morgan fingerprint density at radius 1 is 1.30 bits per heavy atom. The zero-order chi connectivity index (χ0) is 13.8. The second-order valence-corrected chi connectivity index (χ2v) is 6.18. The lowest BCUT2D eigenvalue weighted by atomic mass is 10.1. The van der Waals surface area contributed by atoms with Gasteiger partial charge >= 0.3 is 0 Å². The van der Waals surface area contributed by atoms with Crippen molar-refractivity contribution in [3.63, 3.8) is 0 Å². The van der Waals surface area contributed by atoms with E-state index in [4.69, 9.17) is 4.74 Å². The summed E-state index contributed by atoms with van der Waals surface area (Å²) < 4.78 is 6.03. The minimum absolute atomic E-state index is 0.510. The van der Waals surface area contributed by atoms with Crippen molar-refractivity contribution in [2.75, 3.05) is 13.2 Å². The smallest absolute Gasteiger partial charge is 0.122 e. The molecule has 1 aromatic heterocycles. The molecule has 2 nitrogen and oxygen atoms in total. The fourth-order valence-corrected chi connectivity index (χ4v) is 3.62. The third-order valence-electron chi connectivity index (χ3n) is 3.86. The second-order valence-electron chi connectivity index (χ2n) is 5.15. The van der Waals surface area contributed by atoms with Crippen LogP contribution in [-0.4, -0.2) is 13.2 Å². The first-order valence-corrected chi connectivity index (χ1v) is 8.27. The molecule has 1 unspecified atom stereocenters. The Balaban J connectivity index is 1.65. The van der Waals surface area contributed by atoms with Crippen LogP contribution in [0.4, 0.5) is 0 Å². The van der Waals surface area contributed by atoms with Gasteiger partial charge in [-0.05, 0) is 48.0 Å². The Hall–Kier alpha value is -1.32. The maximum Gasteiger partial charge on any atom is 0.122 e. The normalized spacial score (nSPS) is 17.1. The summed E-state index contributed by atoms with van der Waals surface area (Å²) in [4.78, 5) is 1.39. The molecule has 1 heterocycles. The van der Waals surface area contributed by atoms with E-state index in [-0.39, 0.29) is 0 Å². The van der Waals surface area contributed by atoms with Crippen molar-refractivity contribution in [3.05, 3.63) is 51.7 Å². The lowest BCUT2D eigenvalue weighted by molar-refractivity contribution is 0.320. The van der Waals surface area contributed by atoms with Gasteiger partial charge in [-0.2, -0.15) is 0 Å². The zero-order valence-corrected chi connectivity index (χ0v) is 12.7. The van der Waals surface area contributed by atoms with E-state index in [0.29, 0.717) is 6.04 Å².